The molecule has 0 spiro atoms. The second kappa shape index (κ2) is 5.17. The molecule has 2 aromatic rings. The number of nitrogens with zero attached hydrogens (tertiary/aromatic N) is 1. The van der Waals surface area contributed by atoms with Crippen molar-refractivity contribution in [1.29, 1.82) is 0 Å². The van der Waals surface area contributed by atoms with Gasteiger partial charge in [-0.15, -0.1) is 11.6 Å². The normalized spacial score (nSPS) is 12.6. The lowest BCUT2D eigenvalue weighted by Gasteiger charge is -2.10. The highest BCUT2D eigenvalue weighted by Gasteiger charge is 2.02. The van der Waals surface area contributed by atoms with Crippen LogP contribution in [0.25, 0.3) is 10.9 Å². The van der Waals surface area contributed by atoms with Gasteiger partial charge in [0, 0.05) is 17.2 Å². The summed E-state index contributed by atoms with van der Waals surface area (Å²) in [6, 6.07) is 9.99. The summed E-state index contributed by atoms with van der Waals surface area (Å²) in [5.74, 6) is 1.77. The van der Waals surface area contributed by atoms with Crippen LogP contribution < -0.4 is 4.74 Å². The first kappa shape index (κ1) is 11.2. The van der Waals surface area contributed by atoms with Gasteiger partial charge in [-0.1, -0.05) is 25.1 Å². The zero-order chi connectivity index (χ0) is 11.4. The van der Waals surface area contributed by atoms with Gasteiger partial charge < -0.3 is 4.74 Å². The molecule has 0 aliphatic carbocycles. The van der Waals surface area contributed by atoms with Gasteiger partial charge in [-0.25, -0.2) is 0 Å². The third kappa shape index (κ3) is 2.64. The highest BCUT2D eigenvalue weighted by molar-refractivity contribution is 6.18. The SMILES string of the molecule is CC(CCl)COc1cnc2ccccc2c1. The van der Waals surface area contributed by atoms with Gasteiger partial charge in [-0.05, 0) is 12.1 Å². The number of pyridine rings is 1. The Morgan fingerprint density at radius 3 is 3.00 bits per heavy atom. The molecule has 0 aliphatic heterocycles. The molecular formula is C13H14ClNO. The Hall–Kier alpha value is -1.28. The number of hydrogen-bond donors (Lipinski definition) is 0. The van der Waals surface area contributed by atoms with Crippen LogP contribution in [0.1, 0.15) is 6.92 Å². The number of fused-ring (bicyclic) bond motifs is 1. The van der Waals surface area contributed by atoms with Crippen LogP contribution in [-0.4, -0.2) is 17.5 Å². The van der Waals surface area contributed by atoms with Crippen molar-refractivity contribution in [2.45, 2.75) is 6.92 Å². The van der Waals surface area contributed by atoms with Crippen molar-refractivity contribution < 1.29 is 4.74 Å². The molecule has 0 bridgehead atoms. The van der Waals surface area contributed by atoms with Crippen molar-refractivity contribution in [3.63, 3.8) is 0 Å². The number of alkyl halides is 1. The van der Waals surface area contributed by atoms with E-state index in [4.69, 9.17) is 16.3 Å². The van der Waals surface area contributed by atoms with Crippen LogP contribution in [0.5, 0.6) is 5.75 Å². The van der Waals surface area contributed by atoms with Crippen molar-refractivity contribution in [2.24, 2.45) is 5.92 Å². The quantitative estimate of drug-likeness (QED) is 0.757. The molecule has 0 aliphatic rings. The molecule has 16 heavy (non-hydrogen) atoms. The van der Waals surface area contributed by atoms with Crippen molar-refractivity contribution in [2.75, 3.05) is 12.5 Å². The molecule has 1 unspecified atom stereocenters. The molecule has 0 amide bonds. The second-order valence-corrected chi connectivity index (χ2v) is 4.24. The lowest BCUT2D eigenvalue weighted by Crippen LogP contribution is -2.09. The van der Waals surface area contributed by atoms with E-state index >= 15 is 0 Å². The van der Waals surface area contributed by atoms with Crippen LogP contribution in [0.4, 0.5) is 0 Å². The largest absolute Gasteiger partial charge is 0.492 e. The molecule has 0 radical (unpaired) electrons. The smallest absolute Gasteiger partial charge is 0.138 e. The zero-order valence-corrected chi connectivity index (χ0v) is 9.95. The van der Waals surface area contributed by atoms with E-state index in [1.54, 1.807) is 6.20 Å². The van der Waals surface area contributed by atoms with Gasteiger partial charge in [0.15, 0.2) is 0 Å². The van der Waals surface area contributed by atoms with Gasteiger partial charge >= 0.3 is 0 Å². The molecule has 1 aromatic carbocycles. The topological polar surface area (TPSA) is 22.1 Å². The minimum Gasteiger partial charge on any atom is -0.492 e. The van der Waals surface area contributed by atoms with Crippen LogP contribution in [0.3, 0.4) is 0 Å². The molecule has 0 N–H and O–H groups in total. The van der Waals surface area contributed by atoms with E-state index in [1.165, 1.54) is 0 Å². The Morgan fingerprint density at radius 1 is 1.38 bits per heavy atom. The summed E-state index contributed by atoms with van der Waals surface area (Å²) in [5, 5.41) is 1.10. The Labute approximate surface area is 100 Å². The maximum absolute atomic E-state index is 5.72. The average Bonchev–Trinajstić information content (AvgIpc) is 2.35. The van der Waals surface area contributed by atoms with Crippen molar-refractivity contribution in [3.8, 4) is 5.75 Å². The maximum atomic E-state index is 5.72. The Morgan fingerprint density at radius 2 is 2.19 bits per heavy atom. The molecule has 0 saturated heterocycles. The molecule has 3 heteroatoms. The van der Waals surface area contributed by atoms with E-state index < -0.39 is 0 Å². The fraction of sp³-hybridized carbons (Fsp3) is 0.308. The summed E-state index contributed by atoms with van der Waals surface area (Å²) in [6.07, 6.45) is 1.75. The van der Waals surface area contributed by atoms with Crippen LogP contribution in [0.15, 0.2) is 36.5 Å². The van der Waals surface area contributed by atoms with Crippen molar-refractivity contribution in [3.05, 3.63) is 36.5 Å². The molecule has 1 aromatic heterocycles. The summed E-state index contributed by atoms with van der Waals surface area (Å²) in [6.45, 7) is 2.69. The van der Waals surface area contributed by atoms with Crippen LogP contribution in [-0.2, 0) is 0 Å². The highest BCUT2D eigenvalue weighted by Crippen LogP contribution is 2.18. The lowest BCUT2D eigenvalue weighted by molar-refractivity contribution is 0.272. The molecule has 0 saturated carbocycles. The number of halogens is 1. The molecule has 0 fully saturated rings. The molecule has 2 nitrogen and oxygen atoms in total. The minimum atomic E-state index is 0.355. The number of aromatic nitrogens is 1. The standard InChI is InChI=1S/C13H14ClNO/c1-10(7-14)9-16-12-6-11-4-2-3-5-13(11)15-8-12/h2-6,8,10H,7,9H2,1H3. The first-order valence-electron chi connectivity index (χ1n) is 5.33. The maximum Gasteiger partial charge on any atom is 0.138 e. The van der Waals surface area contributed by atoms with E-state index in [1.807, 2.05) is 30.3 Å². The highest BCUT2D eigenvalue weighted by atomic mass is 35.5. The number of ether oxygens (including phenoxy) is 1. The van der Waals surface area contributed by atoms with Crippen LogP contribution in [0, 0.1) is 5.92 Å². The van der Waals surface area contributed by atoms with Gasteiger partial charge in [-0.2, -0.15) is 0 Å². The molecule has 84 valence electrons. The van der Waals surface area contributed by atoms with Gasteiger partial charge in [-0.3, -0.25) is 4.98 Å². The van der Waals surface area contributed by atoms with E-state index in [-0.39, 0.29) is 0 Å². The van der Waals surface area contributed by atoms with Gasteiger partial charge in [0.1, 0.15) is 5.75 Å². The monoisotopic (exact) mass is 235 g/mol. The van der Waals surface area contributed by atoms with Crippen molar-refractivity contribution >= 4 is 22.5 Å². The van der Waals surface area contributed by atoms with Gasteiger partial charge in [0.25, 0.3) is 0 Å². The van der Waals surface area contributed by atoms with E-state index in [2.05, 4.69) is 11.9 Å². The van der Waals surface area contributed by atoms with E-state index in [0.29, 0.717) is 18.4 Å². The van der Waals surface area contributed by atoms with Gasteiger partial charge in [0.05, 0.1) is 18.3 Å². The summed E-state index contributed by atoms with van der Waals surface area (Å²) >= 11 is 5.72. The first-order valence-corrected chi connectivity index (χ1v) is 5.86. The summed E-state index contributed by atoms with van der Waals surface area (Å²) in [4.78, 5) is 4.33. The molecule has 2 rings (SSSR count). The summed E-state index contributed by atoms with van der Waals surface area (Å²) < 4.78 is 5.62. The number of rotatable bonds is 4. The second-order valence-electron chi connectivity index (χ2n) is 3.93. The molecule has 1 heterocycles. The zero-order valence-electron chi connectivity index (χ0n) is 9.19. The predicted molar refractivity (Wildman–Crippen MR) is 67.1 cm³/mol. The Bertz CT molecular complexity index is 472. The summed E-state index contributed by atoms with van der Waals surface area (Å²) in [5.41, 5.74) is 0.986. The number of para-hydroxylation sites is 1. The lowest BCUT2D eigenvalue weighted by atomic mass is 10.2. The first-order chi connectivity index (χ1) is 7.79. The van der Waals surface area contributed by atoms with Crippen molar-refractivity contribution in [1.82, 2.24) is 4.98 Å². The van der Waals surface area contributed by atoms with Gasteiger partial charge in [0.2, 0.25) is 0 Å². The van der Waals surface area contributed by atoms with E-state index in [0.717, 1.165) is 16.7 Å². The van der Waals surface area contributed by atoms with Crippen LogP contribution in [0.2, 0.25) is 0 Å². The fourth-order valence-electron chi connectivity index (χ4n) is 1.41. The Balaban J connectivity index is 2.13. The Kier molecular flexibility index (Phi) is 3.62. The third-order valence-electron chi connectivity index (χ3n) is 2.36. The minimum absolute atomic E-state index is 0.355. The molecule has 1 atom stereocenters. The number of hydrogen-bond acceptors (Lipinski definition) is 2. The van der Waals surface area contributed by atoms with E-state index in [9.17, 15) is 0 Å². The summed E-state index contributed by atoms with van der Waals surface area (Å²) in [7, 11) is 0. The third-order valence-corrected chi connectivity index (χ3v) is 2.89. The molecular weight excluding hydrogens is 222 g/mol. The predicted octanol–water partition coefficient (Wildman–Crippen LogP) is 3.49. The fourth-order valence-corrected chi connectivity index (χ4v) is 1.50. The average molecular weight is 236 g/mol. The van der Waals surface area contributed by atoms with Crippen LogP contribution >= 0.6 is 11.6 Å². The number of benzene rings is 1.